The Labute approximate surface area is 128 Å². The van der Waals surface area contributed by atoms with Gasteiger partial charge in [-0.3, -0.25) is 0 Å². The van der Waals surface area contributed by atoms with Crippen molar-refractivity contribution in [3.8, 4) is 0 Å². The van der Waals surface area contributed by atoms with E-state index in [1.807, 2.05) is 13.8 Å². The fraction of sp³-hybridized carbons (Fsp3) is 0.333. The highest BCUT2D eigenvalue weighted by Crippen LogP contribution is 2.30. The Balaban J connectivity index is 2.34. The fourth-order valence-corrected chi connectivity index (χ4v) is 3.07. The molecule has 0 bridgehead atoms. The quantitative estimate of drug-likeness (QED) is 0.814. The second-order valence-electron chi connectivity index (χ2n) is 4.44. The summed E-state index contributed by atoms with van der Waals surface area (Å²) in [6.07, 6.45) is 0. The predicted molar refractivity (Wildman–Crippen MR) is 80.9 cm³/mol. The molecule has 2 aromatic rings. The minimum atomic E-state index is -0.959. The van der Waals surface area contributed by atoms with E-state index >= 15 is 0 Å². The van der Waals surface area contributed by atoms with Crippen molar-refractivity contribution < 1.29 is 9.90 Å². The molecule has 2 aromatic heterocycles. The summed E-state index contributed by atoms with van der Waals surface area (Å²) in [5.74, 6) is 0.275. The number of carboxylic acid groups (broad SMARTS) is 1. The number of nitrogens with one attached hydrogen (secondary N) is 1. The van der Waals surface area contributed by atoms with Crippen LogP contribution in [0.4, 0.5) is 10.9 Å². The Hall–Kier alpha value is -1.54. The molecule has 2 N–H and O–H groups in total. The first-order chi connectivity index (χ1) is 9.36. The Morgan fingerprint density at radius 1 is 1.40 bits per heavy atom. The van der Waals surface area contributed by atoms with Crippen molar-refractivity contribution in [3.63, 3.8) is 0 Å². The molecule has 0 spiro atoms. The van der Waals surface area contributed by atoms with Crippen LogP contribution in [0.1, 0.15) is 41.0 Å². The monoisotopic (exact) mass is 356 g/mol. The predicted octanol–water partition coefficient (Wildman–Crippen LogP) is 3.57. The number of aromatic carboxylic acids is 1. The van der Waals surface area contributed by atoms with Crippen molar-refractivity contribution >= 4 is 44.2 Å². The van der Waals surface area contributed by atoms with E-state index in [1.165, 1.54) is 0 Å². The van der Waals surface area contributed by atoms with E-state index in [-0.39, 0.29) is 10.8 Å². The third-order valence-corrected chi connectivity index (χ3v) is 3.82. The third kappa shape index (κ3) is 3.31. The molecule has 0 atom stereocenters. The van der Waals surface area contributed by atoms with Crippen LogP contribution in [0.2, 0.25) is 0 Å². The van der Waals surface area contributed by atoms with Crippen molar-refractivity contribution in [1.29, 1.82) is 0 Å². The standard InChI is InChI=1S/C12H13BrN4O2S/c1-5(2)9-10(11(18)19)20-12(17-9)16-8-4-7(13)14-6(3)15-8/h4-5H,1-3H3,(H,18,19)(H,14,15,16,17). The molecule has 0 aliphatic heterocycles. The highest BCUT2D eigenvalue weighted by Gasteiger charge is 2.19. The first kappa shape index (κ1) is 14.9. The number of hydrogen-bond acceptors (Lipinski definition) is 6. The van der Waals surface area contributed by atoms with E-state index < -0.39 is 5.97 Å². The number of aryl methyl sites for hydroxylation is 1. The van der Waals surface area contributed by atoms with Crippen LogP contribution < -0.4 is 5.32 Å². The van der Waals surface area contributed by atoms with Crippen LogP contribution in [0.5, 0.6) is 0 Å². The maximum Gasteiger partial charge on any atom is 0.347 e. The highest BCUT2D eigenvalue weighted by atomic mass is 79.9. The summed E-state index contributed by atoms with van der Waals surface area (Å²) in [4.78, 5) is 24.1. The number of thiazole rings is 1. The van der Waals surface area contributed by atoms with Gasteiger partial charge in [0.1, 0.15) is 21.1 Å². The number of halogens is 1. The van der Waals surface area contributed by atoms with Crippen LogP contribution in [-0.2, 0) is 0 Å². The van der Waals surface area contributed by atoms with Crippen LogP contribution >= 0.6 is 27.3 Å². The lowest BCUT2D eigenvalue weighted by Gasteiger charge is -2.03. The van der Waals surface area contributed by atoms with Gasteiger partial charge in [-0.1, -0.05) is 25.2 Å². The van der Waals surface area contributed by atoms with Crippen LogP contribution in [0.3, 0.4) is 0 Å². The summed E-state index contributed by atoms with van der Waals surface area (Å²) >= 11 is 4.40. The largest absolute Gasteiger partial charge is 0.477 e. The summed E-state index contributed by atoms with van der Waals surface area (Å²) in [6, 6.07) is 1.71. The normalized spacial score (nSPS) is 10.8. The Morgan fingerprint density at radius 3 is 2.60 bits per heavy atom. The molecule has 2 heterocycles. The number of carboxylic acids is 1. The topological polar surface area (TPSA) is 88.0 Å². The maximum atomic E-state index is 11.2. The van der Waals surface area contributed by atoms with E-state index in [0.29, 0.717) is 27.1 Å². The molecule has 0 fully saturated rings. The van der Waals surface area contributed by atoms with Gasteiger partial charge in [0, 0.05) is 6.07 Å². The Kier molecular flexibility index (Phi) is 4.34. The van der Waals surface area contributed by atoms with Gasteiger partial charge in [0.2, 0.25) is 0 Å². The van der Waals surface area contributed by atoms with Gasteiger partial charge in [0.05, 0.1) is 5.69 Å². The second kappa shape index (κ2) is 5.84. The van der Waals surface area contributed by atoms with Gasteiger partial charge >= 0.3 is 5.97 Å². The van der Waals surface area contributed by atoms with Crippen LogP contribution in [-0.4, -0.2) is 26.0 Å². The van der Waals surface area contributed by atoms with Crippen molar-refractivity contribution in [2.75, 3.05) is 5.32 Å². The maximum absolute atomic E-state index is 11.2. The zero-order valence-electron chi connectivity index (χ0n) is 11.1. The van der Waals surface area contributed by atoms with E-state index in [4.69, 9.17) is 0 Å². The van der Waals surface area contributed by atoms with Crippen molar-refractivity contribution in [3.05, 3.63) is 27.1 Å². The van der Waals surface area contributed by atoms with Gasteiger partial charge in [-0.2, -0.15) is 0 Å². The van der Waals surface area contributed by atoms with E-state index in [1.54, 1.807) is 13.0 Å². The summed E-state index contributed by atoms with van der Waals surface area (Å²) in [6.45, 7) is 5.60. The molecule has 8 heteroatoms. The molecule has 0 radical (unpaired) electrons. The van der Waals surface area contributed by atoms with Gasteiger partial charge in [-0.25, -0.2) is 19.7 Å². The smallest absolute Gasteiger partial charge is 0.347 e. The van der Waals surface area contributed by atoms with Crippen LogP contribution in [0.25, 0.3) is 0 Å². The minimum absolute atomic E-state index is 0.0479. The Bertz CT molecular complexity index is 637. The van der Waals surface area contributed by atoms with Crippen molar-refractivity contribution in [2.24, 2.45) is 0 Å². The lowest BCUT2D eigenvalue weighted by Crippen LogP contribution is -2.00. The molecule has 0 aliphatic carbocycles. The third-order valence-electron chi connectivity index (χ3n) is 2.44. The van der Waals surface area contributed by atoms with E-state index in [0.717, 1.165) is 11.3 Å². The van der Waals surface area contributed by atoms with Gasteiger partial charge in [-0.05, 0) is 28.8 Å². The molecule has 0 saturated heterocycles. The summed E-state index contributed by atoms with van der Waals surface area (Å²) in [7, 11) is 0. The van der Waals surface area contributed by atoms with Gasteiger partial charge in [-0.15, -0.1) is 0 Å². The van der Waals surface area contributed by atoms with E-state index in [9.17, 15) is 9.90 Å². The first-order valence-corrected chi connectivity index (χ1v) is 7.50. The average molecular weight is 357 g/mol. The molecule has 0 aromatic carbocycles. The van der Waals surface area contributed by atoms with Gasteiger partial charge < -0.3 is 10.4 Å². The first-order valence-electron chi connectivity index (χ1n) is 5.89. The lowest BCUT2D eigenvalue weighted by molar-refractivity contribution is 0.0700. The summed E-state index contributed by atoms with van der Waals surface area (Å²) < 4.78 is 0.659. The molecule has 0 amide bonds. The fourth-order valence-electron chi connectivity index (χ4n) is 1.63. The molecule has 0 unspecified atom stereocenters. The van der Waals surface area contributed by atoms with Crippen LogP contribution in [0, 0.1) is 6.92 Å². The van der Waals surface area contributed by atoms with Crippen molar-refractivity contribution in [1.82, 2.24) is 15.0 Å². The molecule has 0 aliphatic rings. The lowest BCUT2D eigenvalue weighted by atomic mass is 10.1. The number of nitrogens with zero attached hydrogens (tertiary/aromatic N) is 3. The van der Waals surface area contributed by atoms with Gasteiger partial charge in [0.25, 0.3) is 0 Å². The number of hydrogen-bond donors (Lipinski definition) is 2. The number of rotatable bonds is 4. The zero-order valence-corrected chi connectivity index (χ0v) is 13.5. The molecular weight excluding hydrogens is 344 g/mol. The SMILES string of the molecule is Cc1nc(Br)cc(Nc2nc(C(C)C)c(C(=O)O)s2)n1. The molecule has 106 valence electrons. The second-order valence-corrected chi connectivity index (χ2v) is 6.25. The average Bonchev–Trinajstić information content (AvgIpc) is 2.71. The summed E-state index contributed by atoms with van der Waals surface area (Å²) in [5.41, 5.74) is 0.579. The van der Waals surface area contributed by atoms with Crippen LogP contribution in [0.15, 0.2) is 10.7 Å². The molecule has 0 saturated carbocycles. The van der Waals surface area contributed by atoms with Gasteiger partial charge in [0.15, 0.2) is 5.13 Å². The highest BCUT2D eigenvalue weighted by molar-refractivity contribution is 9.10. The van der Waals surface area contributed by atoms with E-state index in [2.05, 4.69) is 36.2 Å². The Morgan fingerprint density at radius 2 is 2.10 bits per heavy atom. The number of carbonyl (C=O) groups is 1. The van der Waals surface area contributed by atoms with Crippen molar-refractivity contribution in [2.45, 2.75) is 26.7 Å². The number of aromatic nitrogens is 3. The summed E-state index contributed by atoms with van der Waals surface area (Å²) in [5, 5.41) is 12.7. The minimum Gasteiger partial charge on any atom is -0.477 e. The zero-order chi connectivity index (χ0) is 14.9. The molecule has 20 heavy (non-hydrogen) atoms. The molecule has 6 nitrogen and oxygen atoms in total. The molecular formula is C12H13BrN4O2S. The molecule has 2 rings (SSSR count). The number of anilines is 2.